The van der Waals surface area contributed by atoms with Gasteiger partial charge >= 0.3 is 0 Å². The topological polar surface area (TPSA) is 88.5 Å². The van der Waals surface area contributed by atoms with E-state index in [0.29, 0.717) is 27.2 Å². The van der Waals surface area contributed by atoms with Crippen LogP contribution in [-0.4, -0.2) is 46.4 Å². The highest BCUT2D eigenvalue weighted by molar-refractivity contribution is 6.30. The number of halogens is 4. The van der Waals surface area contributed by atoms with Crippen molar-refractivity contribution in [2.45, 2.75) is 91.9 Å². The minimum Gasteiger partial charge on any atom is -0.494 e. The minimum absolute atomic E-state index is 0.509. The number of rotatable bonds is 22. The normalized spacial score (nSPS) is 10.4. The molecular weight excluding hydrogens is 1010 g/mol. The molecule has 12 heteroatoms. The second-order valence-electron chi connectivity index (χ2n) is 17.0. The smallest absolute Gasteiger partial charge is 0.129 e. The van der Waals surface area contributed by atoms with Crippen molar-refractivity contribution in [3.8, 4) is 67.5 Å². The lowest BCUT2D eigenvalue weighted by atomic mass is 10.1. The first kappa shape index (κ1) is 58.7. The summed E-state index contributed by atoms with van der Waals surface area (Å²) in [6.07, 6.45) is 19.4. The molecule has 0 atom stereocenters. The molecule has 8 nitrogen and oxygen atoms in total. The van der Waals surface area contributed by atoms with E-state index in [1.165, 1.54) is 44.9 Å². The number of benzene rings is 4. The van der Waals surface area contributed by atoms with E-state index >= 15 is 0 Å². The van der Waals surface area contributed by atoms with Gasteiger partial charge in [-0.2, -0.15) is 0 Å². The highest BCUT2D eigenvalue weighted by atomic mass is 35.5. The molecule has 0 bridgehead atoms. The van der Waals surface area contributed by atoms with Crippen LogP contribution in [0.4, 0.5) is 0 Å². The molecule has 74 heavy (non-hydrogen) atoms. The lowest BCUT2D eigenvalue weighted by Gasteiger charge is -2.07. The van der Waals surface area contributed by atoms with Crippen LogP contribution in [0.2, 0.25) is 20.6 Å². The molecule has 0 unspecified atom stereocenters. The molecular formula is C62H68Cl4N4O4. The van der Waals surface area contributed by atoms with Crippen LogP contribution in [0.25, 0.3) is 44.5 Å². The maximum atomic E-state index is 5.80. The van der Waals surface area contributed by atoms with E-state index < -0.39 is 0 Å². The summed E-state index contributed by atoms with van der Waals surface area (Å²) in [4.78, 5) is 16.3. The van der Waals surface area contributed by atoms with Crippen LogP contribution in [0.3, 0.4) is 0 Å². The fourth-order valence-electron chi connectivity index (χ4n) is 7.16. The largest absolute Gasteiger partial charge is 0.494 e. The van der Waals surface area contributed by atoms with Crippen LogP contribution in [-0.2, 0) is 0 Å². The summed E-state index contributed by atoms with van der Waals surface area (Å²) in [5.74, 6) is 3.63. The summed E-state index contributed by atoms with van der Waals surface area (Å²) < 4.78 is 22.4. The molecule has 388 valence electrons. The summed E-state index contributed by atoms with van der Waals surface area (Å²) in [7, 11) is 0. The Morgan fingerprint density at radius 1 is 0.270 bits per heavy atom. The third kappa shape index (κ3) is 22.1. The van der Waals surface area contributed by atoms with Crippen molar-refractivity contribution in [3.05, 3.63) is 191 Å². The lowest BCUT2D eigenvalue weighted by Crippen LogP contribution is -1.97. The fourth-order valence-corrected chi connectivity index (χ4v) is 7.61. The van der Waals surface area contributed by atoms with Gasteiger partial charge in [0.2, 0.25) is 0 Å². The Morgan fingerprint density at radius 2 is 0.527 bits per heavy atom. The van der Waals surface area contributed by atoms with Gasteiger partial charge in [-0.05, 0) is 146 Å². The average molecular weight is 1080 g/mol. The van der Waals surface area contributed by atoms with E-state index in [-0.39, 0.29) is 0 Å². The molecule has 0 radical (unpaired) electrons. The third-order valence-corrected chi connectivity index (χ3v) is 12.1. The molecule has 4 aromatic carbocycles. The first-order valence-corrected chi connectivity index (χ1v) is 27.1. The Bertz CT molecular complexity index is 2710. The summed E-state index contributed by atoms with van der Waals surface area (Å²) in [5, 5.41) is 2.05. The highest BCUT2D eigenvalue weighted by Gasteiger charge is 2.04. The van der Waals surface area contributed by atoms with Crippen LogP contribution < -0.4 is 18.9 Å². The Labute approximate surface area is 459 Å². The molecule has 0 fully saturated rings. The maximum absolute atomic E-state index is 5.80. The van der Waals surface area contributed by atoms with Gasteiger partial charge in [-0.3, -0.25) is 0 Å². The Kier molecular flexibility index (Phi) is 27.3. The minimum atomic E-state index is 0.509. The zero-order valence-electron chi connectivity index (χ0n) is 43.0. The van der Waals surface area contributed by atoms with Crippen molar-refractivity contribution < 1.29 is 18.9 Å². The van der Waals surface area contributed by atoms with Crippen LogP contribution in [0.5, 0.6) is 23.0 Å². The third-order valence-electron chi connectivity index (χ3n) is 11.2. The maximum Gasteiger partial charge on any atom is 0.129 e. The standard InChI is InChI=1S/C19H24ClNO.C16H18ClNO.C14H14ClNO.C13H12ClNO/c1-2-3-4-5-6-7-14-22-18-11-8-16(9-12-18)17-10-13-19(20)21-15-17;1-2-3-4-11-19-15-8-5-13(6-9-15)14-7-10-16(17)18-12-14;1-2-9-17-13-6-3-11(4-7-13)12-5-8-14(15)16-10-12;1-2-16-12-6-3-10(4-7-12)11-5-8-13(14)15-9-11/h8-13,15H,2-7,14H2,1H3;5-10,12H,2-4,11H2,1H3;3-8,10H,2,9H2,1H3;3-9H,2H2,1H3. The zero-order valence-corrected chi connectivity index (χ0v) is 46.0. The van der Waals surface area contributed by atoms with Crippen molar-refractivity contribution in [2.24, 2.45) is 0 Å². The number of hydrogen-bond donors (Lipinski definition) is 0. The second kappa shape index (κ2) is 34.4. The molecule has 8 rings (SSSR count). The SMILES string of the molecule is CCCCCCCCOc1ccc(-c2ccc(Cl)nc2)cc1.CCCCCOc1ccc(-c2ccc(Cl)nc2)cc1.CCCOc1ccc(-c2ccc(Cl)nc2)cc1.CCOc1ccc(-c2ccc(Cl)nc2)cc1. The van der Waals surface area contributed by atoms with Crippen molar-refractivity contribution in [1.29, 1.82) is 0 Å². The summed E-state index contributed by atoms with van der Waals surface area (Å²) in [6.45, 7) is 11.5. The van der Waals surface area contributed by atoms with Crippen LogP contribution in [0, 0.1) is 0 Å². The number of unbranched alkanes of at least 4 members (excludes halogenated alkanes) is 7. The van der Waals surface area contributed by atoms with E-state index in [1.54, 1.807) is 49.1 Å². The van der Waals surface area contributed by atoms with Crippen molar-refractivity contribution in [1.82, 2.24) is 19.9 Å². The Morgan fingerprint density at radius 3 is 0.811 bits per heavy atom. The van der Waals surface area contributed by atoms with E-state index in [9.17, 15) is 0 Å². The van der Waals surface area contributed by atoms with Gasteiger partial charge in [-0.1, -0.05) is 161 Å². The van der Waals surface area contributed by atoms with E-state index in [1.807, 2.05) is 116 Å². The number of ether oxygens (including phenoxy) is 4. The lowest BCUT2D eigenvalue weighted by molar-refractivity contribution is 0.304. The van der Waals surface area contributed by atoms with Gasteiger partial charge in [0.25, 0.3) is 0 Å². The predicted octanol–water partition coefficient (Wildman–Crippen LogP) is 19.1. The monoisotopic (exact) mass is 1070 g/mol. The molecule has 0 aliphatic rings. The Hall–Kier alpha value is -6.16. The summed E-state index contributed by atoms with van der Waals surface area (Å²) in [6, 6.07) is 47.2. The van der Waals surface area contributed by atoms with Crippen molar-refractivity contribution in [3.63, 3.8) is 0 Å². The molecule has 0 amide bonds. The van der Waals surface area contributed by atoms with Gasteiger partial charge in [0, 0.05) is 47.0 Å². The second-order valence-corrected chi connectivity index (χ2v) is 18.6. The Balaban J connectivity index is 0.000000184. The van der Waals surface area contributed by atoms with Crippen molar-refractivity contribution in [2.75, 3.05) is 26.4 Å². The van der Waals surface area contributed by atoms with Gasteiger partial charge in [0.15, 0.2) is 0 Å². The van der Waals surface area contributed by atoms with E-state index in [4.69, 9.17) is 65.4 Å². The van der Waals surface area contributed by atoms with Gasteiger partial charge in [0.05, 0.1) is 26.4 Å². The molecule has 4 aromatic heterocycles. The molecule has 0 aliphatic carbocycles. The molecule has 8 aromatic rings. The molecule has 0 aliphatic heterocycles. The summed E-state index contributed by atoms with van der Waals surface area (Å²) in [5.41, 5.74) is 8.67. The van der Waals surface area contributed by atoms with Gasteiger partial charge in [0.1, 0.15) is 43.6 Å². The summed E-state index contributed by atoms with van der Waals surface area (Å²) >= 11 is 23.1. The average Bonchev–Trinajstić information content (AvgIpc) is 3.44. The van der Waals surface area contributed by atoms with Crippen LogP contribution in [0.1, 0.15) is 91.9 Å². The quantitative estimate of drug-likeness (QED) is 0.0490. The highest BCUT2D eigenvalue weighted by Crippen LogP contribution is 2.27. The fraction of sp³-hybridized carbons (Fsp3) is 0.290. The number of aromatic nitrogens is 4. The van der Waals surface area contributed by atoms with Crippen molar-refractivity contribution >= 4 is 46.4 Å². The molecule has 0 spiro atoms. The van der Waals surface area contributed by atoms with Gasteiger partial charge in [-0.15, -0.1) is 0 Å². The van der Waals surface area contributed by atoms with Crippen LogP contribution in [0.15, 0.2) is 170 Å². The number of nitrogens with zero attached hydrogens (tertiary/aromatic N) is 4. The molecule has 0 N–H and O–H groups in total. The first-order valence-electron chi connectivity index (χ1n) is 25.6. The molecule has 0 saturated carbocycles. The number of pyridine rings is 4. The van der Waals surface area contributed by atoms with E-state index in [0.717, 1.165) is 107 Å². The zero-order chi connectivity index (χ0) is 52.6. The van der Waals surface area contributed by atoms with Gasteiger partial charge < -0.3 is 18.9 Å². The molecule has 4 heterocycles. The first-order chi connectivity index (χ1) is 36.2. The molecule has 0 saturated heterocycles. The van der Waals surface area contributed by atoms with E-state index in [2.05, 4.69) is 52.8 Å². The van der Waals surface area contributed by atoms with Crippen LogP contribution >= 0.6 is 46.4 Å². The van der Waals surface area contributed by atoms with Gasteiger partial charge in [-0.25, -0.2) is 19.9 Å². The predicted molar refractivity (Wildman–Crippen MR) is 310 cm³/mol. The number of hydrogen-bond acceptors (Lipinski definition) is 8.